The van der Waals surface area contributed by atoms with Gasteiger partial charge in [-0.05, 0) is 26.2 Å². The summed E-state index contributed by atoms with van der Waals surface area (Å²) in [6.07, 6.45) is 6.68. The second-order valence-corrected chi connectivity index (χ2v) is 4.47. The summed E-state index contributed by atoms with van der Waals surface area (Å²) < 4.78 is 2.22. The molecular formula is C11H19N3O. The molecule has 1 aliphatic carbocycles. The lowest BCUT2D eigenvalue weighted by Crippen LogP contribution is -2.20. The normalized spacial score (nSPS) is 20.2. The number of imidazole rings is 1. The number of nitrogens with two attached hydrogens (primary N) is 1. The Hall–Kier alpha value is -0.870. The van der Waals surface area contributed by atoms with Crippen LogP contribution in [0.3, 0.4) is 0 Å². The summed E-state index contributed by atoms with van der Waals surface area (Å²) >= 11 is 0. The van der Waals surface area contributed by atoms with Crippen LogP contribution in [-0.2, 0) is 0 Å². The van der Waals surface area contributed by atoms with Crippen molar-refractivity contribution in [1.82, 2.24) is 9.55 Å². The molecule has 1 fully saturated rings. The lowest BCUT2D eigenvalue weighted by molar-refractivity contribution is 0.173. The highest BCUT2D eigenvalue weighted by atomic mass is 16.3. The number of hydrogen-bond acceptors (Lipinski definition) is 3. The van der Waals surface area contributed by atoms with Gasteiger partial charge in [-0.25, -0.2) is 4.98 Å². The zero-order valence-electron chi connectivity index (χ0n) is 9.13. The van der Waals surface area contributed by atoms with E-state index in [-0.39, 0.29) is 12.0 Å². The molecule has 0 aliphatic heterocycles. The first kappa shape index (κ1) is 10.6. The van der Waals surface area contributed by atoms with Crippen molar-refractivity contribution in [2.75, 3.05) is 6.54 Å². The van der Waals surface area contributed by atoms with E-state index in [1.54, 1.807) is 6.92 Å². The van der Waals surface area contributed by atoms with Crippen LogP contribution >= 0.6 is 0 Å². The molecule has 0 spiro atoms. The maximum Gasteiger partial charge on any atom is 0.0950 e. The summed E-state index contributed by atoms with van der Waals surface area (Å²) in [4.78, 5) is 4.19. The maximum atomic E-state index is 9.41. The summed E-state index contributed by atoms with van der Waals surface area (Å²) in [5, 5.41) is 9.41. The predicted octanol–water partition coefficient (Wildman–Crippen LogP) is 1.03. The van der Waals surface area contributed by atoms with Crippen molar-refractivity contribution in [3.63, 3.8) is 0 Å². The van der Waals surface area contributed by atoms with Crippen molar-refractivity contribution in [2.24, 2.45) is 5.73 Å². The van der Waals surface area contributed by atoms with Crippen molar-refractivity contribution in [2.45, 2.75) is 44.2 Å². The summed E-state index contributed by atoms with van der Waals surface area (Å²) in [5.74, 6) is 0.230. The monoisotopic (exact) mass is 209 g/mol. The molecule has 2 atom stereocenters. The van der Waals surface area contributed by atoms with Crippen LogP contribution in [0.2, 0.25) is 0 Å². The van der Waals surface area contributed by atoms with Gasteiger partial charge in [0.25, 0.3) is 0 Å². The van der Waals surface area contributed by atoms with Crippen LogP contribution in [0.5, 0.6) is 0 Å². The summed E-state index contributed by atoms with van der Waals surface area (Å²) in [6, 6.07) is 0.630. The Labute approximate surface area is 90.1 Å². The largest absolute Gasteiger partial charge is 0.393 e. The van der Waals surface area contributed by atoms with E-state index >= 15 is 0 Å². The van der Waals surface area contributed by atoms with Crippen LogP contribution < -0.4 is 5.73 Å². The quantitative estimate of drug-likeness (QED) is 0.761. The average Bonchev–Trinajstić information content (AvgIpc) is 2.93. The molecule has 3 N–H and O–H groups in total. The molecule has 4 nitrogen and oxygen atoms in total. The van der Waals surface area contributed by atoms with Crippen LogP contribution in [0.4, 0.5) is 0 Å². The summed E-state index contributed by atoms with van der Waals surface area (Å²) in [6.45, 7) is 2.38. The molecule has 0 bridgehead atoms. The van der Waals surface area contributed by atoms with Crippen molar-refractivity contribution < 1.29 is 5.11 Å². The lowest BCUT2D eigenvalue weighted by atomic mass is 9.99. The van der Waals surface area contributed by atoms with E-state index in [1.165, 1.54) is 18.5 Å². The van der Waals surface area contributed by atoms with Crippen LogP contribution in [0, 0.1) is 0 Å². The third-order valence-electron chi connectivity index (χ3n) is 2.96. The van der Waals surface area contributed by atoms with E-state index in [0.29, 0.717) is 12.6 Å². The average molecular weight is 209 g/mol. The molecule has 0 amide bonds. The molecule has 0 saturated heterocycles. The molecule has 1 aromatic rings. The lowest BCUT2D eigenvalue weighted by Gasteiger charge is -2.18. The van der Waals surface area contributed by atoms with Gasteiger partial charge in [0.15, 0.2) is 0 Å². The highest BCUT2D eigenvalue weighted by molar-refractivity contribution is 5.10. The van der Waals surface area contributed by atoms with Crippen LogP contribution in [0.15, 0.2) is 12.5 Å². The van der Waals surface area contributed by atoms with E-state index in [4.69, 9.17) is 5.73 Å². The second kappa shape index (κ2) is 4.33. The Kier molecular flexibility index (Phi) is 3.07. The Balaban J connectivity index is 2.13. The van der Waals surface area contributed by atoms with E-state index in [9.17, 15) is 5.11 Å². The summed E-state index contributed by atoms with van der Waals surface area (Å²) in [5.41, 5.74) is 6.93. The third kappa shape index (κ3) is 2.38. The second-order valence-electron chi connectivity index (χ2n) is 4.47. The van der Waals surface area contributed by atoms with Crippen LogP contribution in [0.1, 0.15) is 43.8 Å². The van der Waals surface area contributed by atoms with Gasteiger partial charge >= 0.3 is 0 Å². The fourth-order valence-electron chi connectivity index (χ4n) is 2.04. The molecule has 1 heterocycles. The standard InChI is InChI=1S/C11H19N3O/c1-8(15)4-9(5-12)11-6-13-7-14(11)10-2-3-10/h6-10,15H,2-5,12H2,1H3. The topological polar surface area (TPSA) is 64.1 Å². The molecule has 2 unspecified atom stereocenters. The molecule has 4 heteroatoms. The minimum Gasteiger partial charge on any atom is -0.393 e. The Morgan fingerprint density at radius 3 is 2.93 bits per heavy atom. The van der Waals surface area contributed by atoms with E-state index in [0.717, 1.165) is 6.42 Å². The smallest absolute Gasteiger partial charge is 0.0950 e. The minimum atomic E-state index is -0.305. The van der Waals surface area contributed by atoms with E-state index in [2.05, 4.69) is 9.55 Å². The Morgan fingerprint density at radius 2 is 2.40 bits per heavy atom. The number of aromatic nitrogens is 2. The van der Waals surface area contributed by atoms with Crippen molar-refractivity contribution in [3.8, 4) is 0 Å². The predicted molar refractivity (Wildman–Crippen MR) is 58.6 cm³/mol. The van der Waals surface area contributed by atoms with Crippen LogP contribution in [-0.4, -0.2) is 27.3 Å². The van der Waals surface area contributed by atoms with Gasteiger partial charge in [-0.1, -0.05) is 0 Å². The van der Waals surface area contributed by atoms with Crippen molar-refractivity contribution >= 4 is 0 Å². The molecule has 84 valence electrons. The van der Waals surface area contributed by atoms with Gasteiger partial charge in [-0.3, -0.25) is 0 Å². The fourth-order valence-corrected chi connectivity index (χ4v) is 2.04. The third-order valence-corrected chi connectivity index (χ3v) is 2.96. The van der Waals surface area contributed by atoms with Gasteiger partial charge < -0.3 is 15.4 Å². The molecule has 0 aromatic carbocycles. The minimum absolute atomic E-state index is 0.230. The Morgan fingerprint density at radius 1 is 1.67 bits per heavy atom. The maximum absolute atomic E-state index is 9.41. The number of aliphatic hydroxyl groups excluding tert-OH is 1. The highest BCUT2D eigenvalue weighted by Gasteiger charge is 2.27. The van der Waals surface area contributed by atoms with Crippen LogP contribution in [0.25, 0.3) is 0 Å². The van der Waals surface area contributed by atoms with Gasteiger partial charge in [-0.15, -0.1) is 0 Å². The number of hydrogen-bond donors (Lipinski definition) is 2. The van der Waals surface area contributed by atoms with Gasteiger partial charge in [0.05, 0.1) is 12.4 Å². The zero-order chi connectivity index (χ0) is 10.8. The van der Waals surface area contributed by atoms with Gasteiger partial charge in [0.2, 0.25) is 0 Å². The Bertz CT molecular complexity index is 317. The molecule has 2 rings (SSSR count). The molecular weight excluding hydrogens is 190 g/mol. The molecule has 1 saturated carbocycles. The first-order chi connectivity index (χ1) is 7.22. The first-order valence-corrected chi connectivity index (χ1v) is 5.62. The summed E-state index contributed by atoms with van der Waals surface area (Å²) in [7, 11) is 0. The highest BCUT2D eigenvalue weighted by Crippen LogP contribution is 2.37. The van der Waals surface area contributed by atoms with Crippen molar-refractivity contribution in [1.29, 1.82) is 0 Å². The molecule has 1 aliphatic rings. The van der Waals surface area contributed by atoms with E-state index in [1.807, 2.05) is 12.5 Å². The van der Waals surface area contributed by atoms with Gasteiger partial charge in [-0.2, -0.15) is 0 Å². The number of rotatable bonds is 5. The number of aliphatic hydroxyl groups is 1. The van der Waals surface area contributed by atoms with Crippen molar-refractivity contribution in [3.05, 3.63) is 18.2 Å². The molecule has 1 aromatic heterocycles. The fraction of sp³-hybridized carbons (Fsp3) is 0.727. The van der Waals surface area contributed by atoms with Gasteiger partial charge in [0, 0.05) is 30.4 Å². The van der Waals surface area contributed by atoms with Gasteiger partial charge in [0.1, 0.15) is 0 Å². The number of nitrogens with zero attached hydrogens (tertiary/aromatic N) is 2. The zero-order valence-corrected chi connectivity index (χ0v) is 9.13. The SMILES string of the molecule is CC(O)CC(CN)c1cncn1C1CC1. The molecule has 15 heavy (non-hydrogen) atoms. The van der Waals surface area contributed by atoms with E-state index < -0.39 is 0 Å². The molecule has 0 radical (unpaired) electrons. The first-order valence-electron chi connectivity index (χ1n) is 5.62.